The van der Waals surface area contributed by atoms with Crippen molar-refractivity contribution in [3.63, 3.8) is 0 Å². The zero-order valence-corrected chi connectivity index (χ0v) is 13.4. The standard InChI is InChI=1S/C19H32O/c1-3-4-5-6-7-8-9-10-11-16-19(20)18-15-13-12-14-17(18)2/h12-15,19-20H,3-11,16H2,1-2H3. The van der Waals surface area contributed by atoms with Crippen LogP contribution in [-0.2, 0) is 0 Å². The summed E-state index contributed by atoms with van der Waals surface area (Å²) in [4.78, 5) is 0. The first-order valence-electron chi connectivity index (χ1n) is 8.49. The lowest BCUT2D eigenvalue weighted by molar-refractivity contribution is 0.162. The lowest BCUT2D eigenvalue weighted by Gasteiger charge is -2.13. The van der Waals surface area contributed by atoms with Crippen molar-refractivity contribution in [3.8, 4) is 0 Å². The fraction of sp³-hybridized carbons (Fsp3) is 0.684. The predicted octanol–water partition coefficient (Wildman–Crippen LogP) is 5.95. The third kappa shape index (κ3) is 7.09. The molecule has 0 radical (unpaired) electrons. The number of unbranched alkanes of at least 4 members (excludes halogenated alkanes) is 8. The fourth-order valence-electron chi connectivity index (χ4n) is 2.76. The van der Waals surface area contributed by atoms with Crippen LogP contribution in [0.4, 0.5) is 0 Å². The van der Waals surface area contributed by atoms with Crippen molar-refractivity contribution in [1.82, 2.24) is 0 Å². The van der Waals surface area contributed by atoms with E-state index in [2.05, 4.69) is 19.9 Å². The highest BCUT2D eigenvalue weighted by atomic mass is 16.3. The van der Waals surface area contributed by atoms with Gasteiger partial charge in [0.2, 0.25) is 0 Å². The molecule has 0 heterocycles. The first kappa shape index (κ1) is 17.2. The van der Waals surface area contributed by atoms with Gasteiger partial charge in [-0.15, -0.1) is 0 Å². The maximum atomic E-state index is 10.2. The Morgan fingerprint density at radius 1 is 0.850 bits per heavy atom. The van der Waals surface area contributed by atoms with Crippen LogP contribution in [0.3, 0.4) is 0 Å². The molecule has 20 heavy (non-hydrogen) atoms. The normalized spacial score (nSPS) is 12.6. The fourth-order valence-corrected chi connectivity index (χ4v) is 2.76. The van der Waals surface area contributed by atoms with Gasteiger partial charge in [0, 0.05) is 0 Å². The lowest BCUT2D eigenvalue weighted by Crippen LogP contribution is -1.99. The van der Waals surface area contributed by atoms with Crippen molar-refractivity contribution in [3.05, 3.63) is 35.4 Å². The Morgan fingerprint density at radius 3 is 2.00 bits per heavy atom. The van der Waals surface area contributed by atoms with Gasteiger partial charge in [0.1, 0.15) is 0 Å². The van der Waals surface area contributed by atoms with E-state index < -0.39 is 0 Å². The maximum absolute atomic E-state index is 10.2. The van der Waals surface area contributed by atoms with Crippen LogP contribution in [0.25, 0.3) is 0 Å². The highest BCUT2D eigenvalue weighted by molar-refractivity contribution is 5.27. The lowest BCUT2D eigenvalue weighted by atomic mass is 9.98. The monoisotopic (exact) mass is 276 g/mol. The summed E-state index contributed by atoms with van der Waals surface area (Å²) in [6.07, 6.45) is 12.6. The third-order valence-corrected chi connectivity index (χ3v) is 4.13. The molecular weight excluding hydrogens is 244 g/mol. The van der Waals surface area contributed by atoms with E-state index in [0.29, 0.717) is 0 Å². The third-order valence-electron chi connectivity index (χ3n) is 4.13. The van der Waals surface area contributed by atoms with Crippen LogP contribution in [0.2, 0.25) is 0 Å². The number of hydrogen-bond acceptors (Lipinski definition) is 1. The summed E-state index contributed by atoms with van der Waals surface area (Å²) in [6.45, 7) is 4.34. The number of aryl methyl sites for hydroxylation is 1. The number of rotatable bonds is 11. The van der Waals surface area contributed by atoms with Gasteiger partial charge in [0.05, 0.1) is 6.10 Å². The average Bonchev–Trinajstić information content (AvgIpc) is 2.46. The molecule has 0 bridgehead atoms. The minimum absolute atomic E-state index is 0.277. The van der Waals surface area contributed by atoms with Crippen molar-refractivity contribution >= 4 is 0 Å². The largest absolute Gasteiger partial charge is 0.388 e. The van der Waals surface area contributed by atoms with Gasteiger partial charge >= 0.3 is 0 Å². The molecular formula is C19H32O. The molecule has 1 nitrogen and oxygen atoms in total. The van der Waals surface area contributed by atoms with Crippen LogP contribution < -0.4 is 0 Å². The Labute approximate surface area is 125 Å². The molecule has 0 amide bonds. The average molecular weight is 276 g/mol. The van der Waals surface area contributed by atoms with Crippen LogP contribution in [0.1, 0.15) is 88.4 Å². The van der Waals surface area contributed by atoms with E-state index in [1.54, 1.807) is 0 Å². The van der Waals surface area contributed by atoms with Crippen LogP contribution in [0.15, 0.2) is 24.3 Å². The van der Waals surface area contributed by atoms with Crippen molar-refractivity contribution in [2.75, 3.05) is 0 Å². The van der Waals surface area contributed by atoms with E-state index in [0.717, 1.165) is 18.4 Å². The van der Waals surface area contributed by atoms with Gasteiger partial charge in [-0.1, -0.05) is 89.0 Å². The summed E-state index contributed by atoms with van der Waals surface area (Å²) in [7, 11) is 0. The summed E-state index contributed by atoms with van der Waals surface area (Å²) in [5.74, 6) is 0. The molecule has 0 aliphatic rings. The van der Waals surface area contributed by atoms with Gasteiger partial charge in [-0.25, -0.2) is 0 Å². The Morgan fingerprint density at radius 2 is 1.40 bits per heavy atom. The quantitative estimate of drug-likeness (QED) is 0.495. The highest BCUT2D eigenvalue weighted by Gasteiger charge is 2.08. The molecule has 0 saturated heterocycles. The second-order valence-corrected chi connectivity index (χ2v) is 5.99. The summed E-state index contributed by atoms with van der Waals surface area (Å²) >= 11 is 0. The van der Waals surface area contributed by atoms with Gasteiger partial charge in [-0.05, 0) is 24.5 Å². The Balaban J connectivity index is 2.03. The first-order chi connectivity index (χ1) is 9.75. The molecule has 1 rings (SSSR count). The van der Waals surface area contributed by atoms with E-state index >= 15 is 0 Å². The zero-order valence-electron chi connectivity index (χ0n) is 13.4. The van der Waals surface area contributed by atoms with Crippen molar-refractivity contribution in [1.29, 1.82) is 0 Å². The number of hydrogen-bond donors (Lipinski definition) is 1. The maximum Gasteiger partial charge on any atom is 0.0792 e. The smallest absolute Gasteiger partial charge is 0.0792 e. The van der Waals surface area contributed by atoms with E-state index in [1.807, 2.05) is 18.2 Å². The molecule has 0 saturated carbocycles. The van der Waals surface area contributed by atoms with Crippen LogP contribution in [0, 0.1) is 6.92 Å². The van der Waals surface area contributed by atoms with E-state index in [1.165, 1.54) is 56.9 Å². The highest BCUT2D eigenvalue weighted by Crippen LogP contribution is 2.23. The summed E-state index contributed by atoms with van der Waals surface area (Å²) in [5.41, 5.74) is 2.31. The summed E-state index contributed by atoms with van der Waals surface area (Å²) in [6, 6.07) is 8.18. The molecule has 1 unspecified atom stereocenters. The van der Waals surface area contributed by atoms with E-state index in [4.69, 9.17) is 0 Å². The first-order valence-corrected chi connectivity index (χ1v) is 8.49. The molecule has 1 atom stereocenters. The van der Waals surface area contributed by atoms with Gasteiger partial charge in [-0.3, -0.25) is 0 Å². The van der Waals surface area contributed by atoms with Crippen LogP contribution >= 0.6 is 0 Å². The second kappa shape index (κ2) is 10.9. The van der Waals surface area contributed by atoms with E-state index in [9.17, 15) is 5.11 Å². The number of benzene rings is 1. The van der Waals surface area contributed by atoms with Crippen molar-refractivity contribution < 1.29 is 5.11 Å². The van der Waals surface area contributed by atoms with Crippen LogP contribution in [0.5, 0.6) is 0 Å². The molecule has 1 aromatic rings. The van der Waals surface area contributed by atoms with Gasteiger partial charge in [-0.2, -0.15) is 0 Å². The minimum atomic E-state index is -0.277. The van der Waals surface area contributed by atoms with Crippen molar-refractivity contribution in [2.45, 2.75) is 84.2 Å². The Hall–Kier alpha value is -0.820. The predicted molar refractivity (Wildman–Crippen MR) is 88.0 cm³/mol. The molecule has 0 aliphatic carbocycles. The molecule has 114 valence electrons. The van der Waals surface area contributed by atoms with Gasteiger partial charge < -0.3 is 5.11 Å². The van der Waals surface area contributed by atoms with Crippen LogP contribution in [-0.4, -0.2) is 5.11 Å². The minimum Gasteiger partial charge on any atom is -0.388 e. The van der Waals surface area contributed by atoms with Gasteiger partial charge in [0.15, 0.2) is 0 Å². The SMILES string of the molecule is CCCCCCCCCCCC(O)c1ccccc1C. The zero-order chi connectivity index (χ0) is 14.6. The second-order valence-electron chi connectivity index (χ2n) is 5.99. The van der Waals surface area contributed by atoms with E-state index in [-0.39, 0.29) is 6.10 Å². The Kier molecular flexibility index (Phi) is 9.40. The topological polar surface area (TPSA) is 20.2 Å². The molecule has 1 N–H and O–H groups in total. The summed E-state index contributed by atoms with van der Waals surface area (Å²) in [5, 5.41) is 10.2. The number of aliphatic hydroxyl groups is 1. The van der Waals surface area contributed by atoms with Crippen molar-refractivity contribution in [2.24, 2.45) is 0 Å². The molecule has 0 spiro atoms. The molecule has 0 fully saturated rings. The molecule has 0 aliphatic heterocycles. The molecule has 0 aromatic heterocycles. The summed E-state index contributed by atoms with van der Waals surface area (Å²) < 4.78 is 0. The molecule has 1 heteroatoms. The van der Waals surface area contributed by atoms with Gasteiger partial charge in [0.25, 0.3) is 0 Å². The molecule has 1 aromatic carbocycles. The number of aliphatic hydroxyl groups excluding tert-OH is 1. The Bertz CT molecular complexity index is 345.